The lowest BCUT2D eigenvalue weighted by Gasteiger charge is -2.18. The second kappa shape index (κ2) is 51.3. The Morgan fingerprint density at radius 3 is 1.02 bits per heavy atom. The second-order valence-corrected chi connectivity index (χ2v) is 18.1. The lowest BCUT2D eigenvalue weighted by Crippen LogP contribution is -2.30. The highest BCUT2D eigenvalue weighted by Crippen LogP contribution is 2.16. The maximum absolute atomic E-state index is 12.8. The van der Waals surface area contributed by atoms with Crippen LogP contribution in [0.25, 0.3) is 0 Å². The van der Waals surface area contributed by atoms with Gasteiger partial charge in [-0.25, -0.2) is 0 Å². The summed E-state index contributed by atoms with van der Waals surface area (Å²) in [5.41, 5.74) is 0. The fraction of sp³-hybridized carbons (Fsp3) is 0.839. The number of rotatable bonds is 49. The Bertz CT molecular complexity index is 1050. The van der Waals surface area contributed by atoms with E-state index in [9.17, 15) is 14.4 Å². The molecule has 0 rings (SSSR count). The van der Waals surface area contributed by atoms with E-state index in [1.165, 1.54) is 173 Å². The zero-order valence-corrected chi connectivity index (χ0v) is 41.4. The predicted molar refractivity (Wildman–Crippen MR) is 266 cm³/mol. The molecule has 0 fully saturated rings. The molecule has 62 heavy (non-hydrogen) atoms. The van der Waals surface area contributed by atoms with E-state index in [2.05, 4.69) is 51.2 Å². The molecule has 6 heteroatoms. The number of ether oxygens (including phenoxy) is 3. The molecular formula is C56H102O6. The fourth-order valence-electron chi connectivity index (χ4n) is 7.79. The molecule has 6 nitrogen and oxygen atoms in total. The predicted octanol–water partition coefficient (Wildman–Crippen LogP) is 17.7. The minimum atomic E-state index is -0.798. The van der Waals surface area contributed by atoms with Crippen LogP contribution in [0.5, 0.6) is 0 Å². The number of hydrogen-bond acceptors (Lipinski definition) is 6. The highest BCUT2D eigenvalue weighted by molar-refractivity contribution is 5.71. The maximum atomic E-state index is 12.8. The third kappa shape index (κ3) is 48.7. The van der Waals surface area contributed by atoms with Crippen molar-refractivity contribution < 1.29 is 28.6 Å². The Morgan fingerprint density at radius 1 is 0.323 bits per heavy atom. The van der Waals surface area contributed by atoms with Crippen LogP contribution in [-0.4, -0.2) is 37.2 Å². The lowest BCUT2D eigenvalue weighted by molar-refractivity contribution is -0.166. The summed E-state index contributed by atoms with van der Waals surface area (Å²) in [6.07, 6.45) is 60.0. The minimum Gasteiger partial charge on any atom is -0.462 e. The van der Waals surface area contributed by atoms with E-state index < -0.39 is 6.10 Å². The quantitative estimate of drug-likeness (QED) is 0.0262. The van der Waals surface area contributed by atoms with Crippen molar-refractivity contribution in [3.63, 3.8) is 0 Å². The molecule has 0 saturated carbocycles. The Kier molecular flexibility index (Phi) is 49.3. The van der Waals surface area contributed by atoms with Crippen LogP contribution in [-0.2, 0) is 28.6 Å². The highest BCUT2D eigenvalue weighted by atomic mass is 16.6. The molecule has 0 aliphatic heterocycles. The third-order valence-electron chi connectivity index (χ3n) is 11.9. The van der Waals surface area contributed by atoms with Gasteiger partial charge in [-0.2, -0.15) is 0 Å². The van der Waals surface area contributed by atoms with Crippen molar-refractivity contribution in [2.24, 2.45) is 0 Å². The summed E-state index contributed by atoms with van der Waals surface area (Å²) in [6.45, 7) is 6.59. The summed E-state index contributed by atoms with van der Waals surface area (Å²) in [5.74, 6) is -0.967. The van der Waals surface area contributed by atoms with Gasteiger partial charge in [-0.05, 0) is 64.2 Å². The first-order valence-corrected chi connectivity index (χ1v) is 27.0. The Balaban J connectivity index is 4.40. The highest BCUT2D eigenvalue weighted by Gasteiger charge is 2.19. The van der Waals surface area contributed by atoms with Crippen molar-refractivity contribution in [1.29, 1.82) is 0 Å². The van der Waals surface area contributed by atoms with Gasteiger partial charge in [0.15, 0.2) is 6.10 Å². The standard InChI is InChI=1S/C56H102O6/c1-4-7-10-13-16-19-22-25-27-28-29-32-34-37-40-43-46-49-55(58)61-52-53(51-60-54(57)48-45-42-39-36-33-30-24-21-18-15-12-9-6-3)62-56(59)50-47-44-41-38-35-31-26-23-20-17-14-11-8-5-2/h30-31,33,35,39,42,53H,4-29,32,34,36-38,40-41,43-52H2,1-3H3/b33-30+,35-31+,42-39+. The van der Waals surface area contributed by atoms with Crippen molar-refractivity contribution in [3.8, 4) is 0 Å². The molecule has 0 N–H and O–H groups in total. The zero-order chi connectivity index (χ0) is 45.1. The molecule has 1 atom stereocenters. The fourth-order valence-corrected chi connectivity index (χ4v) is 7.79. The molecule has 0 spiro atoms. The maximum Gasteiger partial charge on any atom is 0.306 e. The van der Waals surface area contributed by atoms with Gasteiger partial charge in [0.1, 0.15) is 13.2 Å². The van der Waals surface area contributed by atoms with Gasteiger partial charge in [0.2, 0.25) is 0 Å². The molecule has 0 amide bonds. The SMILES string of the molecule is CCCCCCCC/C=C/C/C=C/CCC(=O)OCC(COC(=O)CCCCCCCCCCCCCCCCCCC)OC(=O)CCCCC/C=C/CCCCCCCCC. The first kappa shape index (κ1) is 59.6. The number of unbranched alkanes of at least 4 members (excludes halogenated alkanes) is 32. The topological polar surface area (TPSA) is 78.9 Å². The summed E-state index contributed by atoms with van der Waals surface area (Å²) in [4.78, 5) is 37.9. The van der Waals surface area contributed by atoms with E-state index in [1.54, 1.807) is 0 Å². The van der Waals surface area contributed by atoms with Crippen LogP contribution in [0, 0.1) is 0 Å². The van der Waals surface area contributed by atoms with E-state index in [0.29, 0.717) is 19.3 Å². The first-order chi connectivity index (χ1) is 30.5. The minimum absolute atomic E-state index is 0.0919. The number of esters is 3. The van der Waals surface area contributed by atoms with Gasteiger partial charge in [-0.1, -0.05) is 237 Å². The Hall–Kier alpha value is -2.37. The van der Waals surface area contributed by atoms with Crippen LogP contribution in [0.4, 0.5) is 0 Å². The second-order valence-electron chi connectivity index (χ2n) is 18.1. The molecule has 0 aromatic carbocycles. The average Bonchev–Trinajstić information content (AvgIpc) is 3.27. The van der Waals surface area contributed by atoms with Gasteiger partial charge in [0, 0.05) is 19.3 Å². The zero-order valence-electron chi connectivity index (χ0n) is 41.4. The number of hydrogen-bond donors (Lipinski definition) is 0. The smallest absolute Gasteiger partial charge is 0.306 e. The molecule has 0 radical (unpaired) electrons. The average molecular weight is 871 g/mol. The molecule has 0 aliphatic carbocycles. The largest absolute Gasteiger partial charge is 0.462 e. The van der Waals surface area contributed by atoms with Gasteiger partial charge in [0.25, 0.3) is 0 Å². The molecule has 0 aliphatic rings. The normalized spacial score (nSPS) is 12.2. The molecule has 0 aromatic rings. The van der Waals surface area contributed by atoms with E-state index in [4.69, 9.17) is 14.2 Å². The van der Waals surface area contributed by atoms with Gasteiger partial charge >= 0.3 is 17.9 Å². The van der Waals surface area contributed by atoms with Gasteiger partial charge in [0.05, 0.1) is 0 Å². The van der Waals surface area contributed by atoms with Crippen LogP contribution < -0.4 is 0 Å². The third-order valence-corrected chi connectivity index (χ3v) is 11.9. The molecular weight excluding hydrogens is 769 g/mol. The van der Waals surface area contributed by atoms with E-state index in [1.807, 2.05) is 6.08 Å². The molecule has 362 valence electrons. The van der Waals surface area contributed by atoms with Crippen LogP contribution in [0.2, 0.25) is 0 Å². The number of carbonyl (C=O) groups excluding carboxylic acids is 3. The van der Waals surface area contributed by atoms with Crippen LogP contribution >= 0.6 is 0 Å². The van der Waals surface area contributed by atoms with E-state index in [-0.39, 0.29) is 37.5 Å². The lowest BCUT2D eigenvalue weighted by atomic mass is 10.0. The number of allylic oxidation sites excluding steroid dienone is 6. The van der Waals surface area contributed by atoms with Crippen molar-refractivity contribution in [3.05, 3.63) is 36.5 Å². The Morgan fingerprint density at radius 2 is 0.613 bits per heavy atom. The molecule has 0 bridgehead atoms. The van der Waals surface area contributed by atoms with E-state index >= 15 is 0 Å². The summed E-state index contributed by atoms with van der Waals surface area (Å²) in [6, 6.07) is 0. The Labute approximate surface area is 385 Å². The summed E-state index contributed by atoms with van der Waals surface area (Å²) in [5, 5.41) is 0. The first-order valence-electron chi connectivity index (χ1n) is 27.0. The van der Waals surface area contributed by atoms with Crippen molar-refractivity contribution in [1.82, 2.24) is 0 Å². The van der Waals surface area contributed by atoms with Gasteiger partial charge in [-0.15, -0.1) is 0 Å². The van der Waals surface area contributed by atoms with Gasteiger partial charge < -0.3 is 14.2 Å². The molecule has 0 saturated heterocycles. The van der Waals surface area contributed by atoms with Crippen LogP contribution in [0.1, 0.15) is 284 Å². The monoisotopic (exact) mass is 871 g/mol. The van der Waals surface area contributed by atoms with Crippen molar-refractivity contribution in [2.75, 3.05) is 13.2 Å². The van der Waals surface area contributed by atoms with Crippen LogP contribution in [0.15, 0.2) is 36.5 Å². The van der Waals surface area contributed by atoms with Crippen molar-refractivity contribution in [2.45, 2.75) is 290 Å². The molecule has 0 heterocycles. The molecule has 0 aromatic heterocycles. The summed E-state index contributed by atoms with van der Waals surface area (Å²) in [7, 11) is 0. The summed E-state index contributed by atoms with van der Waals surface area (Å²) >= 11 is 0. The van der Waals surface area contributed by atoms with Gasteiger partial charge in [-0.3, -0.25) is 14.4 Å². The van der Waals surface area contributed by atoms with Crippen LogP contribution in [0.3, 0.4) is 0 Å². The summed E-state index contributed by atoms with van der Waals surface area (Å²) < 4.78 is 16.7. The van der Waals surface area contributed by atoms with E-state index in [0.717, 1.165) is 64.2 Å². The number of carbonyl (C=O) groups is 3. The molecule has 1 unspecified atom stereocenters. The van der Waals surface area contributed by atoms with Crippen molar-refractivity contribution >= 4 is 17.9 Å².